The van der Waals surface area contributed by atoms with Crippen molar-refractivity contribution in [1.82, 2.24) is 4.57 Å². The van der Waals surface area contributed by atoms with E-state index in [1.165, 1.54) is 36.6 Å². The quantitative estimate of drug-likeness (QED) is 0.389. The Morgan fingerprint density at radius 1 is 1.23 bits per heavy atom. The van der Waals surface area contributed by atoms with Crippen LogP contribution >= 0.6 is 22.9 Å². The van der Waals surface area contributed by atoms with Crippen LogP contribution in [0.1, 0.15) is 29.1 Å². The van der Waals surface area contributed by atoms with Gasteiger partial charge in [0.1, 0.15) is 0 Å². The Morgan fingerprint density at radius 3 is 2.50 bits per heavy atom. The molecule has 30 heavy (non-hydrogen) atoms. The van der Waals surface area contributed by atoms with E-state index in [0.29, 0.717) is 16.4 Å². The van der Waals surface area contributed by atoms with Crippen molar-refractivity contribution < 1.29 is 14.5 Å². The second kappa shape index (κ2) is 9.23. The molecule has 0 spiro atoms. The van der Waals surface area contributed by atoms with Gasteiger partial charge in [-0.15, -0.1) is 11.3 Å². The lowest BCUT2D eigenvalue weighted by atomic mass is 10.1. The van der Waals surface area contributed by atoms with Crippen LogP contribution in [0.15, 0.2) is 47.5 Å². The standard InChI is InChI=1S/C21H20ClN3O4S/c1-4-18-19(13-6-9-15(22)10-7-13)24(5-2)21(30-18)23-20(26)14-8-11-17(29-3)16(12-14)25(27)28/h6-12H,4-5H2,1-3H3. The predicted octanol–water partition coefficient (Wildman–Crippen LogP) is 5.11. The van der Waals surface area contributed by atoms with Gasteiger partial charge in [-0.25, -0.2) is 0 Å². The molecule has 1 heterocycles. The molecule has 0 saturated heterocycles. The fraction of sp³-hybridized carbons (Fsp3) is 0.238. The summed E-state index contributed by atoms with van der Waals surface area (Å²) < 4.78 is 6.97. The Labute approximate surface area is 182 Å². The van der Waals surface area contributed by atoms with Crippen LogP contribution in [0.3, 0.4) is 0 Å². The van der Waals surface area contributed by atoms with Gasteiger partial charge in [-0.1, -0.05) is 30.7 Å². The Balaban J connectivity index is 2.11. The summed E-state index contributed by atoms with van der Waals surface area (Å²) >= 11 is 7.46. The molecule has 156 valence electrons. The summed E-state index contributed by atoms with van der Waals surface area (Å²) in [4.78, 5) is 29.4. The molecule has 0 aliphatic carbocycles. The van der Waals surface area contributed by atoms with Crippen molar-refractivity contribution >= 4 is 34.5 Å². The van der Waals surface area contributed by atoms with Crippen molar-refractivity contribution in [3.05, 3.63) is 72.8 Å². The molecule has 0 radical (unpaired) electrons. The van der Waals surface area contributed by atoms with Gasteiger partial charge in [0.15, 0.2) is 10.6 Å². The number of benzene rings is 2. The van der Waals surface area contributed by atoms with Crippen molar-refractivity contribution in [1.29, 1.82) is 0 Å². The van der Waals surface area contributed by atoms with Gasteiger partial charge < -0.3 is 9.30 Å². The topological polar surface area (TPSA) is 86.7 Å². The molecule has 9 heteroatoms. The molecule has 0 atom stereocenters. The molecule has 3 rings (SSSR count). The molecule has 2 aromatic carbocycles. The number of ether oxygens (including phenoxy) is 1. The van der Waals surface area contributed by atoms with Gasteiger partial charge in [0.05, 0.1) is 17.7 Å². The highest BCUT2D eigenvalue weighted by Crippen LogP contribution is 2.29. The van der Waals surface area contributed by atoms with E-state index in [4.69, 9.17) is 16.3 Å². The van der Waals surface area contributed by atoms with E-state index in [1.54, 1.807) is 0 Å². The van der Waals surface area contributed by atoms with E-state index in [2.05, 4.69) is 4.99 Å². The Kier molecular flexibility index (Phi) is 6.69. The zero-order chi connectivity index (χ0) is 21.8. The van der Waals surface area contributed by atoms with Gasteiger partial charge in [-0.05, 0) is 43.2 Å². The third-order valence-corrected chi connectivity index (χ3v) is 6.03. The number of carbonyl (C=O) groups is 1. The van der Waals surface area contributed by atoms with Crippen LogP contribution in [0.2, 0.25) is 5.02 Å². The molecule has 0 aliphatic heterocycles. The van der Waals surface area contributed by atoms with Gasteiger partial charge in [0.25, 0.3) is 5.91 Å². The molecular formula is C21H20ClN3O4S. The van der Waals surface area contributed by atoms with Crippen molar-refractivity contribution in [3.8, 4) is 17.0 Å². The van der Waals surface area contributed by atoms with E-state index < -0.39 is 10.8 Å². The summed E-state index contributed by atoms with van der Waals surface area (Å²) in [5, 5.41) is 11.9. The zero-order valence-corrected chi connectivity index (χ0v) is 18.3. The van der Waals surface area contributed by atoms with Crippen LogP contribution in [-0.4, -0.2) is 22.5 Å². The van der Waals surface area contributed by atoms with Crippen LogP contribution in [0, 0.1) is 10.1 Å². The lowest BCUT2D eigenvalue weighted by Gasteiger charge is -2.08. The van der Waals surface area contributed by atoms with E-state index >= 15 is 0 Å². The van der Waals surface area contributed by atoms with Gasteiger partial charge in [-0.2, -0.15) is 4.99 Å². The number of hydrogen-bond acceptors (Lipinski definition) is 5. The molecule has 1 aromatic heterocycles. The van der Waals surface area contributed by atoms with Crippen LogP contribution in [0.4, 0.5) is 5.69 Å². The number of nitrogens with zero attached hydrogens (tertiary/aromatic N) is 3. The van der Waals surface area contributed by atoms with E-state index in [0.717, 1.165) is 22.6 Å². The van der Waals surface area contributed by atoms with Crippen LogP contribution in [-0.2, 0) is 13.0 Å². The number of amides is 1. The third kappa shape index (κ3) is 4.29. The Bertz CT molecular complexity index is 1170. The first-order chi connectivity index (χ1) is 14.4. The fourth-order valence-electron chi connectivity index (χ4n) is 3.12. The van der Waals surface area contributed by atoms with Gasteiger partial charge in [0, 0.05) is 28.1 Å². The number of carbonyl (C=O) groups excluding carboxylic acids is 1. The first kappa shape index (κ1) is 21.7. The first-order valence-electron chi connectivity index (χ1n) is 9.29. The van der Waals surface area contributed by atoms with Crippen LogP contribution in [0.5, 0.6) is 5.75 Å². The average molecular weight is 446 g/mol. The number of aromatic nitrogens is 1. The Morgan fingerprint density at radius 2 is 1.93 bits per heavy atom. The summed E-state index contributed by atoms with van der Waals surface area (Å²) in [5.41, 5.74) is 1.84. The zero-order valence-electron chi connectivity index (χ0n) is 16.7. The molecule has 1 amide bonds. The summed E-state index contributed by atoms with van der Waals surface area (Å²) in [6.45, 7) is 4.64. The normalized spacial score (nSPS) is 11.5. The lowest BCUT2D eigenvalue weighted by Crippen LogP contribution is -2.17. The molecule has 0 fully saturated rings. The van der Waals surface area contributed by atoms with Crippen molar-refractivity contribution in [2.75, 3.05) is 7.11 Å². The number of nitro benzene ring substituents is 1. The monoisotopic (exact) mass is 445 g/mol. The molecule has 0 N–H and O–H groups in total. The average Bonchev–Trinajstić information content (AvgIpc) is 3.10. The summed E-state index contributed by atoms with van der Waals surface area (Å²) in [6, 6.07) is 11.6. The maximum Gasteiger partial charge on any atom is 0.311 e. The molecule has 0 aliphatic rings. The molecule has 0 saturated carbocycles. The lowest BCUT2D eigenvalue weighted by molar-refractivity contribution is -0.385. The molecule has 7 nitrogen and oxygen atoms in total. The van der Waals surface area contributed by atoms with Crippen molar-refractivity contribution in [2.45, 2.75) is 26.8 Å². The minimum absolute atomic E-state index is 0.0922. The SMILES string of the molecule is CCc1sc(=NC(=O)c2ccc(OC)c([N+](=O)[O-])c2)n(CC)c1-c1ccc(Cl)cc1. The first-order valence-corrected chi connectivity index (χ1v) is 10.5. The van der Waals surface area contributed by atoms with Crippen LogP contribution in [0.25, 0.3) is 11.3 Å². The minimum Gasteiger partial charge on any atom is -0.490 e. The number of rotatable bonds is 6. The second-order valence-electron chi connectivity index (χ2n) is 6.32. The number of methoxy groups -OCH3 is 1. The number of hydrogen-bond donors (Lipinski definition) is 0. The van der Waals surface area contributed by atoms with E-state index in [1.807, 2.05) is 42.7 Å². The highest BCUT2D eigenvalue weighted by molar-refractivity contribution is 7.09. The van der Waals surface area contributed by atoms with Gasteiger partial charge in [-0.3, -0.25) is 14.9 Å². The van der Waals surface area contributed by atoms with E-state index in [-0.39, 0.29) is 17.0 Å². The third-order valence-electron chi connectivity index (χ3n) is 4.55. The molecule has 3 aromatic rings. The van der Waals surface area contributed by atoms with Gasteiger partial charge >= 0.3 is 5.69 Å². The predicted molar refractivity (Wildman–Crippen MR) is 117 cm³/mol. The number of thiazole rings is 1. The van der Waals surface area contributed by atoms with E-state index in [9.17, 15) is 14.9 Å². The summed E-state index contributed by atoms with van der Waals surface area (Å²) in [6.07, 6.45) is 0.778. The van der Waals surface area contributed by atoms with Crippen LogP contribution < -0.4 is 9.54 Å². The minimum atomic E-state index is -0.583. The molecular weight excluding hydrogens is 426 g/mol. The maximum absolute atomic E-state index is 12.8. The molecule has 0 unspecified atom stereocenters. The summed E-state index contributed by atoms with van der Waals surface area (Å²) in [7, 11) is 1.34. The smallest absolute Gasteiger partial charge is 0.311 e. The largest absolute Gasteiger partial charge is 0.490 e. The second-order valence-corrected chi connectivity index (χ2v) is 7.82. The molecule has 0 bridgehead atoms. The fourth-order valence-corrected chi connectivity index (χ4v) is 4.39. The number of aryl methyl sites for hydroxylation is 1. The van der Waals surface area contributed by atoms with Gasteiger partial charge in [0.2, 0.25) is 0 Å². The highest BCUT2D eigenvalue weighted by Gasteiger charge is 2.19. The number of halogens is 1. The summed E-state index contributed by atoms with van der Waals surface area (Å²) in [5.74, 6) is -0.455. The number of nitro groups is 1. The van der Waals surface area contributed by atoms with Crippen molar-refractivity contribution in [3.63, 3.8) is 0 Å². The Hall–Kier alpha value is -2.97. The highest BCUT2D eigenvalue weighted by atomic mass is 35.5. The van der Waals surface area contributed by atoms with Crippen molar-refractivity contribution in [2.24, 2.45) is 4.99 Å². The maximum atomic E-state index is 12.8.